The maximum Gasteiger partial charge on any atom is 0.410 e. The average Bonchev–Trinajstić information content (AvgIpc) is 3.14. The summed E-state index contributed by atoms with van der Waals surface area (Å²) in [5.74, 6) is -0.357. The molecule has 2 aromatic rings. The zero-order valence-corrected chi connectivity index (χ0v) is 25.4. The molecule has 0 bridgehead atoms. The SMILES string of the molecule is CC(C)(C)OC(=O)N1CCC(NCC(=O)N(C2CCC2)C2(Cc3cccc(Cl)c3)C(=O)Nc3cc(Cl)ccc32)CC1. The van der Waals surface area contributed by atoms with Gasteiger partial charge in [-0.3, -0.25) is 9.59 Å². The molecule has 0 spiro atoms. The molecule has 0 radical (unpaired) electrons. The summed E-state index contributed by atoms with van der Waals surface area (Å²) in [6.07, 6.45) is 4.10. The number of benzene rings is 2. The van der Waals surface area contributed by atoms with Gasteiger partial charge < -0.3 is 25.2 Å². The monoisotopic (exact) mass is 600 g/mol. The average molecular weight is 602 g/mol. The van der Waals surface area contributed by atoms with Gasteiger partial charge >= 0.3 is 6.09 Å². The molecule has 2 fully saturated rings. The second-order valence-corrected chi connectivity index (χ2v) is 13.2. The molecule has 1 aliphatic carbocycles. The maximum absolute atomic E-state index is 14.2. The van der Waals surface area contributed by atoms with Crippen molar-refractivity contribution in [1.29, 1.82) is 0 Å². The number of likely N-dealkylation sites (tertiary alicyclic amines) is 1. The minimum absolute atomic E-state index is 0.0510. The number of hydrogen-bond donors (Lipinski definition) is 2. The van der Waals surface area contributed by atoms with Crippen LogP contribution < -0.4 is 10.6 Å². The van der Waals surface area contributed by atoms with E-state index in [1.165, 1.54) is 0 Å². The first-order chi connectivity index (χ1) is 19.5. The summed E-state index contributed by atoms with van der Waals surface area (Å²) in [6, 6.07) is 12.9. The molecule has 1 saturated carbocycles. The van der Waals surface area contributed by atoms with Gasteiger partial charge in [0.25, 0.3) is 5.91 Å². The minimum atomic E-state index is -1.23. The Morgan fingerprint density at radius 3 is 2.41 bits per heavy atom. The van der Waals surface area contributed by atoms with Crippen molar-refractivity contribution in [2.24, 2.45) is 0 Å². The normalized spacial score (nSPS) is 21.2. The molecule has 8 nitrogen and oxygen atoms in total. The number of anilines is 1. The Morgan fingerprint density at radius 2 is 1.78 bits per heavy atom. The molecule has 2 heterocycles. The number of nitrogens with zero attached hydrogens (tertiary/aromatic N) is 2. The fourth-order valence-corrected chi connectivity index (χ4v) is 6.44. The van der Waals surface area contributed by atoms with Gasteiger partial charge in [-0.2, -0.15) is 0 Å². The quantitative estimate of drug-likeness (QED) is 0.422. The number of amides is 3. The van der Waals surface area contributed by atoms with Gasteiger partial charge in [-0.05, 0) is 82.7 Å². The fourth-order valence-electron chi connectivity index (χ4n) is 6.05. The van der Waals surface area contributed by atoms with Gasteiger partial charge in [0.15, 0.2) is 5.54 Å². The molecular weight excluding hydrogens is 563 g/mol. The second-order valence-electron chi connectivity index (χ2n) is 12.3. The van der Waals surface area contributed by atoms with Crippen molar-refractivity contribution in [3.8, 4) is 0 Å². The van der Waals surface area contributed by atoms with Gasteiger partial charge in [-0.1, -0.05) is 41.4 Å². The highest BCUT2D eigenvalue weighted by atomic mass is 35.5. The number of fused-ring (bicyclic) bond motifs is 1. The smallest absolute Gasteiger partial charge is 0.410 e. The van der Waals surface area contributed by atoms with Crippen molar-refractivity contribution >= 4 is 46.8 Å². The van der Waals surface area contributed by atoms with Crippen LogP contribution in [0.2, 0.25) is 10.0 Å². The van der Waals surface area contributed by atoms with E-state index in [2.05, 4.69) is 10.6 Å². The summed E-state index contributed by atoms with van der Waals surface area (Å²) < 4.78 is 5.51. The van der Waals surface area contributed by atoms with Crippen LogP contribution in [0.3, 0.4) is 0 Å². The van der Waals surface area contributed by atoms with E-state index in [1.54, 1.807) is 23.1 Å². The van der Waals surface area contributed by atoms with Gasteiger partial charge in [0.1, 0.15) is 5.60 Å². The zero-order chi connectivity index (χ0) is 29.4. The highest BCUT2D eigenvalue weighted by molar-refractivity contribution is 6.31. The maximum atomic E-state index is 14.2. The predicted octanol–water partition coefficient (Wildman–Crippen LogP) is 5.75. The molecule has 2 aromatic carbocycles. The number of carbonyl (C=O) groups is 3. The lowest BCUT2D eigenvalue weighted by Gasteiger charge is -2.48. The third-order valence-electron chi connectivity index (χ3n) is 8.21. The van der Waals surface area contributed by atoms with Crippen LogP contribution in [-0.4, -0.2) is 65.0 Å². The standard InChI is InChI=1S/C31H38Cl2N4O4/c1-30(2,3)41-29(40)36-14-12-23(13-15-36)34-19-27(38)37(24-8-5-9-24)31(18-20-6-4-7-21(32)16-20)25-11-10-22(33)17-26(25)35-28(31)39/h4,6-7,10-11,16-17,23-24,34H,5,8-9,12-15,18-19H2,1-3H3,(H,35,39). The number of carbonyl (C=O) groups excluding carboxylic acids is 3. The summed E-state index contributed by atoms with van der Waals surface area (Å²) in [5.41, 5.74) is 0.479. The number of ether oxygens (including phenoxy) is 1. The van der Waals surface area contributed by atoms with Gasteiger partial charge in [-0.15, -0.1) is 0 Å². The first-order valence-electron chi connectivity index (χ1n) is 14.4. The van der Waals surface area contributed by atoms with E-state index in [9.17, 15) is 14.4 Å². The molecule has 41 heavy (non-hydrogen) atoms. The van der Waals surface area contributed by atoms with E-state index in [0.717, 1.165) is 30.4 Å². The summed E-state index contributed by atoms with van der Waals surface area (Å²) in [5, 5.41) is 7.54. The molecular formula is C31H38Cl2N4O4. The molecule has 10 heteroatoms. The number of rotatable bonds is 7. The third kappa shape index (κ3) is 6.35. The van der Waals surface area contributed by atoms with Crippen molar-refractivity contribution in [1.82, 2.24) is 15.1 Å². The summed E-state index contributed by atoms with van der Waals surface area (Å²) in [7, 11) is 0. The van der Waals surface area contributed by atoms with Crippen molar-refractivity contribution < 1.29 is 19.1 Å². The molecule has 1 saturated heterocycles. The van der Waals surface area contributed by atoms with Crippen LogP contribution in [0.25, 0.3) is 0 Å². The van der Waals surface area contributed by atoms with Crippen LogP contribution >= 0.6 is 23.2 Å². The highest BCUT2D eigenvalue weighted by Gasteiger charge is 2.55. The molecule has 1 atom stereocenters. The third-order valence-corrected chi connectivity index (χ3v) is 8.68. The van der Waals surface area contributed by atoms with E-state index >= 15 is 0 Å². The zero-order valence-electron chi connectivity index (χ0n) is 23.8. The van der Waals surface area contributed by atoms with Gasteiger partial charge in [0, 0.05) is 52.9 Å². The van der Waals surface area contributed by atoms with Crippen LogP contribution in [0, 0.1) is 0 Å². The molecule has 3 amide bonds. The van der Waals surface area contributed by atoms with Crippen molar-refractivity contribution in [3.05, 3.63) is 63.6 Å². The largest absolute Gasteiger partial charge is 0.444 e. The molecule has 5 rings (SSSR count). The lowest BCUT2D eigenvalue weighted by atomic mass is 9.78. The van der Waals surface area contributed by atoms with Crippen LogP contribution in [0.4, 0.5) is 10.5 Å². The lowest BCUT2D eigenvalue weighted by molar-refractivity contribution is -0.151. The van der Waals surface area contributed by atoms with Crippen molar-refractivity contribution in [3.63, 3.8) is 0 Å². The Labute approximate surface area is 251 Å². The van der Waals surface area contributed by atoms with E-state index in [4.69, 9.17) is 27.9 Å². The minimum Gasteiger partial charge on any atom is -0.444 e. The second kappa shape index (κ2) is 11.8. The first kappa shape index (κ1) is 29.7. The molecule has 2 N–H and O–H groups in total. The molecule has 3 aliphatic rings. The molecule has 0 aromatic heterocycles. The van der Waals surface area contributed by atoms with Crippen LogP contribution in [0.1, 0.15) is 64.0 Å². The fraction of sp³-hybridized carbons (Fsp3) is 0.516. The van der Waals surface area contributed by atoms with Crippen molar-refractivity contribution in [2.45, 2.75) is 82.5 Å². The Hall–Kier alpha value is -2.81. The summed E-state index contributed by atoms with van der Waals surface area (Å²) in [6.45, 7) is 6.78. The Bertz CT molecular complexity index is 1320. The van der Waals surface area contributed by atoms with Crippen LogP contribution in [-0.2, 0) is 26.3 Å². The number of nitrogens with one attached hydrogen (secondary N) is 2. The van der Waals surface area contributed by atoms with Crippen LogP contribution in [0.5, 0.6) is 0 Å². The number of piperidine rings is 1. The Balaban J connectivity index is 1.37. The first-order valence-corrected chi connectivity index (χ1v) is 15.1. The summed E-state index contributed by atoms with van der Waals surface area (Å²) in [4.78, 5) is 44.2. The Kier molecular flexibility index (Phi) is 8.56. The molecule has 1 unspecified atom stereocenters. The molecule has 220 valence electrons. The van der Waals surface area contributed by atoms with E-state index < -0.39 is 11.1 Å². The predicted molar refractivity (Wildman–Crippen MR) is 160 cm³/mol. The van der Waals surface area contributed by atoms with Crippen LogP contribution in [0.15, 0.2) is 42.5 Å². The van der Waals surface area contributed by atoms with Crippen molar-refractivity contribution in [2.75, 3.05) is 25.0 Å². The van der Waals surface area contributed by atoms with Gasteiger partial charge in [0.05, 0.1) is 6.54 Å². The summed E-state index contributed by atoms with van der Waals surface area (Å²) >= 11 is 12.6. The molecule has 2 aliphatic heterocycles. The van der Waals surface area contributed by atoms with E-state index in [-0.39, 0.29) is 36.5 Å². The van der Waals surface area contributed by atoms with Gasteiger partial charge in [0.2, 0.25) is 5.91 Å². The number of halogens is 2. The van der Waals surface area contributed by atoms with E-state index in [1.807, 2.05) is 49.9 Å². The lowest BCUT2D eigenvalue weighted by Crippen LogP contribution is -2.62. The topological polar surface area (TPSA) is 91.0 Å². The van der Waals surface area contributed by atoms with Gasteiger partial charge in [-0.25, -0.2) is 4.79 Å². The highest BCUT2D eigenvalue weighted by Crippen LogP contribution is 2.47. The van der Waals surface area contributed by atoms with E-state index in [0.29, 0.717) is 48.1 Å². The Morgan fingerprint density at radius 1 is 1.07 bits per heavy atom. The number of hydrogen-bond acceptors (Lipinski definition) is 5.